The fourth-order valence-electron chi connectivity index (χ4n) is 1.51. The van der Waals surface area contributed by atoms with Crippen LogP contribution in [0.25, 0.3) is 0 Å². The van der Waals surface area contributed by atoms with E-state index in [2.05, 4.69) is 35.1 Å². The predicted molar refractivity (Wildman–Crippen MR) is 82.0 cm³/mol. The van der Waals surface area contributed by atoms with Crippen LogP contribution in [-0.4, -0.2) is 32.4 Å². The van der Waals surface area contributed by atoms with Gasteiger partial charge < -0.3 is 14.8 Å². The quantitative estimate of drug-likeness (QED) is 0.694. The summed E-state index contributed by atoms with van der Waals surface area (Å²) in [6.07, 6.45) is 1.19. The average Bonchev–Trinajstić information content (AvgIpc) is 2.39. The molecule has 5 heteroatoms. The molecule has 19 heavy (non-hydrogen) atoms. The molecule has 0 saturated carbocycles. The number of rotatable bonds is 9. The zero-order valence-electron chi connectivity index (χ0n) is 11.5. The Balaban J connectivity index is 2.07. The van der Waals surface area contributed by atoms with Gasteiger partial charge in [0.05, 0.1) is 30.3 Å². The van der Waals surface area contributed by atoms with E-state index in [-0.39, 0.29) is 0 Å². The molecule has 0 amide bonds. The monoisotopic (exact) mass is 350 g/mol. The van der Waals surface area contributed by atoms with Crippen molar-refractivity contribution >= 4 is 27.5 Å². The van der Waals surface area contributed by atoms with Crippen LogP contribution in [0.2, 0.25) is 5.02 Å². The highest BCUT2D eigenvalue weighted by Crippen LogP contribution is 2.27. The first kappa shape index (κ1) is 16.8. The minimum atomic E-state index is 0.545. The summed E-state index contributed by atoms with van der Waals surface area (Å²) in [7, 11) is 0. The van der Waals surface area contributed by atoms with Gasteiger partial charge in [-0.15, -0.1) is 0 Å². The molecule has 2 N–H and O–H groups in total. The van der Waals surface area contributed by atoms with Crippen molar-refractivity contribution in [2.75, 3.05) is 26.4 Å². The SMILES string of the molecule is CC[C@H](C)[NH2+]CCOCCOc1ccc(Cl)cc1Br. The van der Waals surface area contributed by atoms with Gasteiger partial charge >= 0.3 is 0 Å². The maximum Gasteiger partial charge on any atom is 0.133 e. The predicted octanol–water partition coefficient (Wildman–Crippen LogP) is 2.86. The Morgan fingerprint density at radius 2 is 2.11 bits per heavy atom. The minimum Gasteiger partial charge on any atom is -0.490 e. The molecule has 0 heterocycles. The number of hydrogen-bond donors (Lipinski definition) is 1. The zero-order chi connectivity index (χ0) is 14.1. The van der Waals surface area contributed by atoms with Gasteiger partial charge in [0.1, 0.15) is 12.4 Å². The minimum absolute atomic E-state index is 0.545. The highest BCUT2D eigenvalue weighted by molar-refractivity contribution is 9.10. The summed E-state index contributed by atoms with van der Waals surface area (Å²) in [6.45, 7) is 7.32. The first-order valence-electron chi connectivity index (χ1n) is 6.62. The van der Waals surface area contributed by atoms with Crippen molar-refractivity contribution < 1.29 is 14.8 Å². The summed E-state index contributed by atoms with van der Waals surface area (Å²) < 4.78 is 12.0. The van der Waals surface area contributed by atoms with Crippen molar-refractivity contribution in [2.24, 2.45) is 0 Å². The smallest absolute Gasteiger partial charge is 0.133 e. The lowest BCUT2D eigenvalue weighted by Crippen LogP contribution is -2.90. The Morgan fingerprint density at radius 3 is 2.79 bits per heavy atom. The highest BCUT2D eigenvalue weighted by Gasteiger charge is 2.02. The van der Waals surface area contributed by atoms with E-state index in [0.717, 1.165) is 23.4 Å². The van der Waals surface area contributed by atoms with Crippen LogP contribution in [-0.2, 0) is 4.74 Å². The molecule has 0 spiro atoms. The van der Waals surface area contributed by atoms with E-state index in [9.17, 15) is 0 Å². The third kappa shape index (κ3) is 7.16. The molecule has 0 fully saturated rings. The molecule has 3 nitrogen and oxygen atoms in total. The van der Waals surface area contributed by atoms with Gasteiger partial charge in [-0.05, 0) is 47.5 Å². The second kappa shape index (κ2) is 9.59. The van der Waals surface area contributed by atoms with Gasteiger partial charge in [0.15, 0.2) is 0 Å². The molecular formula is C14H22BrClNO2+. The van der Waals surface area contributed by atoms with Crippen LogP contribution in [0.5, 0.6) is 5.75 Å². The Morgan fingerprint density at radius 1 is 1.32 bits per heavy atom. The van der Waals surface area contributed by atoms with E-state index in [4.69, 9.17) is 21.1 Å². The van der Waals surface area contributed by atoms with Gasteiger partial charge in [0, 0.05) is 5.02 Å². The molecule has 0 aliphatic heterocycles. The van der Waals surface area contributed by atoms with Crippen molar-refractivity contribution in [2.45, 2.75) is 26.3 Å². The number of quaternary nitrogens is 1. The zero-order valence-corrected chi connectivity index (χ0v) is 13.8. The molecule has 1 aromatic rings. The second-order valence-electron chi connectivity index (χ2n) is 4.45. The van der Waals surface area contributed by atoms with Crippen molar-refractivity contribution in [3.63, 3.8) is 0 Å². The van der Waals surface area contributed by atoms with Gasteiger partial charge in [0.2, 0.25) is 0 Å². The fourth-order valence-corrected chi connectivity index (χ4v) is 2.30. The van der Waals surface area contributed by atoms with E-state index in [0.29, 0.717) is 24.3 Å². The molecule has 1 atom stereocenters. The van der Waals surface area contributed by atoms with Crippen LogP contribution in [0.15, 0.2) is 22.7 Å². The lowest BCUT2D eigenvalue weighted by molar-refractivity contribution is -0.687. The van der Waals surface area contributed by atoms with E-state index in [1.165, 1.54) is 6.42 Å². The largest absolute Gasteiger partial charge is 0.490 e. The maximum atomic E-state index is 5.86. The standard InChI is InChI=1S/C14H21BrClNO2/c1-3-11(2)17-6-7-18-8-9-19-14-5-4-12(16)10-13(14)15/h4-5,10-11,17H,3,6-9H2,1-2H3/p+1/t11-/m0/s1. The number of halogens is 2. The number of nitrogens with two attached hydrogens (primary N) is 1. The topological polar surface area (TPSA) is 35.1 Å². The lowest BCUT2D eigenvalue weighted by Gasteiger charge is -2.10. The van der Waals surface area contributed by atoms with Gasteiger partial charge in [-0.3, -0.25) is 0 Å². The molecule has 108 valence electrons. The van der Waals surface area contributed by atoms with Gasteiger partial charge in [0.25, 0.3) is 0 Å². The third-order valence-electron chi connectivity index (χ3n) is 2.85. The van der Waals surface area contributed by atoms with Gasteiger partial charge in [-0.25, -0.2) is 0 Å². The van der Waals surface area contributed by atoms with Crippen LogP contribution < -0.4 is 10.1 Å². The van der Waals surface area contributed by atoms with Crippen molar-refractivity contribution in [1.82, 2.24) is 0 Å². The average molecular weight is 352 g/mol. The van der Waals surface area contributed by atoms with Crippen molar-refractivity contribution in [3.05, 3.63) is 27.7 Å². The van der Waals surface area contributed by atoms with Gasteiger partial charge in [-0.2, -0.15) is 0 Å². The molecule has 0 bridgehead atoms. The Bertz CT molecular complexity index is 376. The van der Waals surface area contributed by atoms with Crippen LogP contribution in [0.3, 0.4) is 0 Å². The van der Waals surface area contributed by atoms with Crippen LogP contribution in [0, 0.1) is 0 Å². The second-order valence-corrected chi connectivity index (χ2v) is 5.74. The molecule has 0 aromatic heterocycles. The van der Waals surface area contributed by atoms with Crippen LogP contribution in [0.1, 0.15) is 20.3 Å². The Labute approximate surface area is 128 Å². The fraction of sp³-hybridized carbons (Fsp3) is 0.571. The highest BCUT2D eigenvalue weighted by atomic mass is 79.9. The number of ether oxygens (including phenoxy) is 2. The summed E-state index contributed by atoms with van der Waals surface area (Å²) in [4.78, 5) is 0. The summed E-state index contributed by atoms with van der Waals surface area (Å²) >= 11 is 9.27. The first-order chi connectivity index (χ1) is 9.13. The van der Waals surface area contributed by atoms with E-state index < -0.39 is 0 Å². The molecule has 0 unspecified atom stereocenters. The van der Waals surface area contributed by atoms with Crippen LogP contribution in [0.4, 0.5) is 0 Å². The Hall–Kier alpha value is -0.290. The third-order valence-corrected chi connectivity index (χ3v) is 3.71. The number of hydrogen-bond acceptors (Lipinski definition) is 2. The normalized spacial score (nSPS) is 12.4. The summed E-state index contributed by atoms with van der Waals surface area (Å²) in [5.74, 6) is 0.791. The van der Waals surface area contributed by atoms with E-state index >= 15 is 0 Å². The first-order valence-corrected chi connectivity index (χ1v) is 7.79. The summed E-state index contributed by atoms with van der Waals surface area (Å²) in [6, 6.07) is 6.15. The summed E-state index contributed by atoms with van der Waals surface area (Å²) in [5.41, 5.74) is 0. The lowest BCUT2D eigenvalue weighted by atomic mass is 10.3. The van der Waals surface area contributed by atoms with Gasteiger partial charge in [-0.1, -0.05) is 18.5 Å². The summed E-state index contributed by atoms with van der Waals surface area (Å²) in [5, 5.41) is 2.99. The molecule has 0 aliphatic carbocycles. The molecule has 1 rings (SSSR count). The van der Waals surface area contributed by atoms with Crippen molar-refractivity contribution in [3.8, 4) is 5.75 Å². The molecular weight excluding hydrogens is 330 g/mol. The molecule has 0 aliphatic rings. The molecule has 0 saturated heterocycles. The van der Waals surface area contributed by atoms with E-state index in [1.807, 2.05) is 18.2 Å². The van der Waals surface area contributed by atoms with Crippen LogP contribution >= 0.6 is 27.5 Å². The molecule has 0 radical (unpaired) electrons. The maximum absolute atomic E-state index is 5.86. The molecule has 1 aromatic carbocycles. The Kier molecular flexibility index (Phi) is 8.46. The van der Waals surface area contributed by atoms with Crippen molar-refractivity contribution in [1.29, 1.82) is 0 Å². The van der Waals surface area contributed by atoms with E-state index in [1.54, 1.807) is 0 Å². The number of benzene rings is 1.